The molecule has 0 aliphatic heterocycles. The van der Waals surface area contributed by atoms with Gasteiger partial charge in [-0.3, -0.25) is 0 Å². The number of halogens is 6. The Morgan fingerprint density at radius 2 is 0.500 bits per heavy atom. The Balaban J connectivity index is 0.000000419. The van der Waals surface area contributed by atoms with Gasteiger partial charge in [0.2, 0.25) is 0 Å². The Morgan fingerprint density at radius 3 is 0.671 bits per heavy atom. The van der Waals surface area contributed by atoms with Gasteiger partial charge in [0.1, 0.15) is 23.0 Å². The number of alkyl halides is 4. The van der Waals surface area contributed by atoms with Gasteiger partial charge in [-0.15, -0.1) is 0 Å². The Bertz CT molecular complexity index is 2010. The molecular formula is C58H84F4I2O10S2. The highest BCUT2D eigenvalue weighted by molar-refractivity contribution is 7.91. The van der Waals surface area contributed by atoms with E-state index in [0.29, 0.717) is 0 Å². The minimum absolute atomic E-state index is 0.160. The smallest absolute Gasteiger partial charge is 0.409 e. The van der Waals surface area contributed by atoms with E-state index >= 15 is 0 Å². The van der Waals surface area contributed by atoms with Crippen molar-refractivity contribution in [2.24, 2.45) is 0 Å². The van der Waals surface area contributed by atoms with Crippen molar-refractivity contribution in [1.82, 2.24) is 0 Å². The van der Waals surface area contributed by atoms with Gasteiger partial charge in [0, 0.05) is 0 Å². The SMILES string of the molecule is CCCCCCCCOc1ccc([I+]c2ccc(OCCCCCCCC)cc2)cc1.CCCCCCCCOc1ccc([I+]c2ccc(OCCCCCCCC)cc2)cc1.O=S(=O)([O-])C(F)(F)C(F)(F)S(=O)(=O)[O-]. The Kier molecular flexibility index (Phi) is 36.7. The average molecular weight is 1340 g/mol. The molecule has 430 valence electrons. The summed E-state index contributed by atoms with van der Waals surface area (Å²) in [5, 5.41) is -13.0. The number of unbranched alkanes of at least 4 members (excludes halogenated alkanes) is 20. The third-order valence-electron chi connectivity index (χ3n) is 11.7. The number of benzene rings is 4. The molecule has 76 heavy (non-hydrogen) atoms. The zero-order valence-electron chi connectivity index (χ0n) is 45.2. The molecule has 4 rings (SSSR count). The summed E-state index contributed by atoms with van der Waals surface area (Å²) in [6, 6.07) is 34.9. The molecule has 0 N–H and O–H groups in total. The molecule has 0 aromatic heterocycles. The van der Waals surface area contributed by atoms with Gasteiger partial charge >= 0.3 is 52.9 Å². The van der Waals surface area contributed by atoms with Crippen LogP contribution in [0.4, 0.5) is 17.6 Å². The van der Waals surface area contributed by atoms with Crippen molar-refractivity contribution in [2.75, 3.05) is 26.4 Å². The van der Waals surface area contributed by atoms with Crippen LogP contribution >= 0.6 is 0 Å². The summed E-state index contributed by atoms with van der Waals surface area (Å²) in [5.41, 5.74) is 0. The Morgan fingerprint density at radius 1 is 0.329 bits per heavy atom. The van der Waals surface area contributed by atoms with Gasteiger partial charge in [-0.1, -0.05) is 156 Å². The van der Waals surface area contributed by atoms with Crippen molar-refractivity contribution < 1.29 is 105 Å². The van der Waals surface area contributed by atoms with Crippen LogP contribution in [0.3, 0.4) is 0 Å². The second kappa shape index (κ2) is 40.3. The lowest BCUT2D eigenvalue weighted by Crippen LogP contribution is -3.61. The van der Waals surface area contributed by atoms with E-state index in [1.165, 1.54) is 143 Å². The molecule has 0 aliphatic carbocycles. The molecule has 4 aromatic carbocycles. The molecule has 10 nitrogen and oxygen atoms in total. The maximum Gasteiger partial charge on any atom is 0.409 e. The van der Waals surface area contributed by atoms with Gasteiger partial charge in [-0.25, -0.2) is 16.8 Å². The van der Waals surface area contributed by atoms with E-state index in [9.17, 15) is 43.5 Å². The summed E-state index contributed by atoms with van der Waals surface area (Å²) in [6.45, 7) is 12.4. The first-order chi connectivity index (χ1) is 36.4. The zero-order chi connectivity index (χ0) is 56.0. The van der Waals surface area contributed by atoms with Crippen LogP contribution in [0.5, 0.6) is 23.0 Å². The van der Waals surface area contributed by atoms with Crippen LogP contribution < -0.4 is 61.4 Å². The standard InChI is InChI=1S/2C28H42IO2.C2H2F4O6S2/c2*1-3-5-7-9-11-13-23-30-27-19-15-25(16-20-27)29-26-17-21-28(22-18-26)31-24-14-12-10-8-6-4-2;3-1(4,13(7,8)9)2(5,6)14(10,11)12/h2*15-22H,3-14,23-24H2,1-2H3;(H,7,8,9)(H,10,11,12)/q2*+1;/p-2. The van der Waals surface area contributed by atoms with Crippen LogP contribution in [-0.2, 0) is 20.2 Å². The molecule has 0 radical (unpaired) electrons. The van der Waals surface area contributed by atoms with E-state index in [2.05, 4.69) is 125 Å². The van der Waals surface area contributed by atoms with Crippen LogP contribution in [0.25, 0.3) is 0 Å². The second-order valence-electron chi connectivity index (χ2n) is 18.4. The monoisotopic (exact) mass is 1330 g/mol. The van der Waals surface area contributed by atoms with E-state index in [0.717, 1.165) is 75.1 Å². The number of ether oxygens (including phenoxy) is 4. The first-order valence-corrected chi connectivity index (χ1v) is 34.4. The first kappa shape index (κ1) is 69.2. The minimum Gasteiger partial charge on any atom is -0.743 e. The molecule has 0 heterocycles. The van der Waals surface area contributed by atoms with E-state index < -0.39 is 30.7 Å². The highest BCUT2D eigenvalue weighted by Gasteiger charge is 2.66. The largest absolute Gasteiger partial charge is 0.743 e. The van der Waals surface area contributed by atoms with Gasteiger partial charge < -0.3 is 28.1 Å². The summed E-state index contributed by atoms with van der Waals surface area (Å²) in [5.74, 6) is 4.00. The van der Waals surface area contributed by atoms with Crippen molar-refractivity contribution in [1.29, 1.82) is 0 Å². The molecule has 4 aromatic rings. The Hall–Kier alpha value is -2.92. The first-order valence-electron chi connectivity index (χ1n) is 27.3. The van der Waals surface area contributed by atoms with Crippen LogP contribution in [0.1, 0.15) is 182 Å². The number of hydrogen-bond acceptors (Lipinski definition) is 10. The van der Waals surface area contributed by atoms with Crippen molar-refractivity contribution >= 4 is 20.2 Å². The van der Waals surface area contributed by atoms with Gasteiger partial charge in [0.05, 0.1) is 26.4 Å². The number of rotatable bonds is 39. The fourth-order valence-electron chi connectivity index (χ4n) is 7.21. The van der Waals surface area contributed by atoms with Gasteiger partial charge in [0.25, 0.3) is 0 Å². The molecule has 18 heteroatoms. The third kappa shape index (κ3) is 29.9. The normalized spacial score (nSPS) is 11.8. The van der Waals surface area contributed by atoms with Crippen molar-refractivity contribution in [3.63, 3.8) is 0 Å². The topological polar surface area (TPSA) is 151 Å². The van der Waals surface area contributed by atoms with Crippen LogP contribution in [0.2, 0.25) is 0 Å². The van der Waals surface area contributed by atoms with Gasteiger partial charge in [0.15, 0.2) is 34.5 Å². The molecule has 0 amide bonds. The van der Waals surface area contributed by atoms with E-state index in [1.807, 2.05) is 0 Å². The summed E-state index contributed by atoms with van der Waals surface area (Å²) in [6.07, 6.45) is 31.2. The minimum atomic E-state index is -6.96. The lowest BCUT2D eigenvalue weighted by atomic mass is 10.1. The molecule has 0 unspecified atom stereocenters. The van der Waals surface area contributed by atoms with Crippen LogP contribution in [-0.4, -0.2) is 62.9 Å². The summed E-state index contributed by atoms with van der Waals surface area (Å²) >= 11 is -0.320. The number of hydrogen-bond donors (Lipinski definition) is 0. The van der Waals surface area contributed by atoms with Gasteiger partial charge in [-0.2, -0.15) is 17.6 Å². The molecule has 0 bridgehead atoms. The van der Waals surface area contributed by atoms with Crippen molar-refractivity contribution in [2.45, 2.75) is 192 Å². The highest BCUT2D eigenvalue weighted by Crippen LogP contribution is 2.41. The lowest BCUT2D eigenvalue weighted by molar-refractivity contribution is -0.597. The average Bonchev–Trinajstić information content (AvgIpc) is 3.39. The quantitative estimate of drug-likeness (QED) is 0.0183. The summed E-state index contributed by atoms with van der Waals surface area (Å²) in [7, 11) is -13.9. The molecule has 0 fully saturated rings. The van der Waals surface area contributed by atoms with E-state index in [1.54, 1.807) is 0 Å². The Labute approximate surface area is 474 Å². The molecule has 0 aliphatic rings. The fraction of sp³-hybridized carbons (Fsp3) is 0.586. The lowest BCUT2D eigenvalue weighted by Gasteiger charge is -2.29. The van der Waals surface area contributed by atoms with E-state index in [-0.39, 0.29) is 42.4 Å². The van der Waals surface area contributed by atoms with Crippen LogP contribution in [0, 0.1) is 14.3 Å². The maximum absolute atomic E-state index is 12.0. The molecule has 0 spiro atoms. The fourth-order valence-corrected chi connectivity index (χ4v) is 12.7. The predicted octanol–water partition coefficient (Wildman–Crippen LogP) is 9.85. The molecule has 0 saturated heterocycles. The molecule has 0 saturated carbocycles. The van der Waals surface area contributed by atoms with Crippen molar-refractivity contribution in [3.8, 4) is 23.0 Å². The molecular weight excluding hydrogens is 1250 g/mol. The second-order valence-corrected chi connectivity index (χ2v) is 27.3. The zero-order valence-corrected chi connectivity index (χ0v) is 51.2. The third-order valence-corrected chi connectivity index (χ3v) is 19.0. The summed E-state index contributed by atoms with van der Waals surface area (Å²) in [4.78, 5) is 0. The maximum atomic E-state index is 12.0. The van der Waals surface area contributed by atoms with E-state index in [4.69, 9.17) is 18.9 Å². The highest BCUT2D eigenvalue weighted by atomic mass is 127. The van der Waals surface area contributed by atoms with Crippen LogP contribution in [0.15, 0.2) is 97.1 Å². The molecule has 0 atom stereocenters. The van der Waals surface area contributed by atoms with Crippen molar-refractivity contribution in [3.05, 3.63) is 111 Å². The summed E-state index contributed by atoms with van der Waals surface area (Å²) < 4.78 is 135. The predicted molar refractivity (Wildman–Crippen MR) is 285 cm³/mol. The van der Waals surface area contributed by atoms with Gasteiger partial charge in [-0.05, 0) is 123 Å².